The molecule has 2 N–H and O–H groups in total. The topological polar surface area (TPSA) is 70.9 Å². The fraction of sp³-hybridized carbons (Fsp3) is 0.462. The first-order chi connectivity index (χ1) is 8.81. The van der Waals surface area contributed by atoms with Crippen LogP contribution in [0.4, 0.5) is 5.82 Å². The lowest BCUT2D eigenvalue weighted by atomic mass is 10.1. The fourth-order valence-electron chi connectivity index (χ4n) is 2.44. The van der Waals surface area contributed by atoms with Crippen LogP contribution < -0.4 is 5.32 Å². The quantitative estimate of drug-likeness (QED) is 0.858. The summed E-state index contributed by atoms with van der Waals surface area (Å²) in [5, 5.41) is 12.8. The number of hydrogen-bond donors (Lipinski definition) is 2. The predicted molar refractivity (Wildman–Crippen MR) is 69.2 cm³/mol. The molecule has 0 amide bonds. The van der Waals surface area contributed by atoms with Gasteiger partial charge in [-0.3, -0.25) is 4.98 Å². The van der Waals surface area contributed by atoms with E-state index in [0.717, 1.165) is 37.1 Å². The molecule has 3 rings (SSSR count). The zero-order valence-electron chi connectivity index (χ0n) is 10.1. The van der Waals surface area contributed by atoms with Crippen molar-refractivity contribution in [3.63, 3.8) is 0 Å². The number of pyridine rings is 1. The van der Waals surface area contributed by atoms with Crippen molar-refractivity contribution in [2.45, 2.75) is 25.4 Å². The second-order valence-corrected chi connectivity index (χ2v) is 4.81. The lowest BCUT2D eigenvalue weighted by molar-refractivity contribution is 0.178. The zero-order valence-corrected chi connectivity index (χ0v) is 10.1. The highest BCUT2D eigenvalue weighted by Gasteiger charge is 2.22. The SMILES string of the molecule is OC1CCC(CNc2ccc3nccnc3n2)C1. The summed E-state index contributed by atoms with van der Waals surface area (Å²) in [5.41, 5.74) is 1.47. The standard InChI is InChI=1S/C13H16N4O/c18-10-2-1-9(7-10)8-16-12-4-3-11-13(17-12)15-6-5-14-11/h3-6,9-10,18H,1-2,7-8H2,(H,15,16,17). The van der Waals surface area contributed by atoms with Crippen LogP contribution in [-0.2, 0) is 0 Å². The van der Waals surface area contributed by atoms with Crippen LogP contribution in [0.5, 0.6) is 0 Å². The van der Waals surface area contributed by atoms with Crippen molar-refractivity contribution in [2.24, 2.45) is 5.92 Å². The van der Waals surface area contributed by atoms with E-state index in [1.54, 1.807) is 12.4 Å². The second kappa shape index (κ2) is 4.86. The van der Waals surface area contributed by atoms with Crippen LogP contribution in [0.3, 0.4) is 0 Å². The number of anilines is 1. The van der Waals surface area contributed by atoms with Crippen molar-refractivity contribution in [2.75, 3.05) is 11.9 Å². The van der Waals surface area contributed by atoms with Gasteiger partial charge >= 0.3 is 0 Å². The molecule has 0 aliphatic heterocycles. The summed E-state index contributed by atoms with van der Waals surface area (Å²) >= 11 is 0. The third-order valence-corrected chi connectivity index (χ3v) is 3.42. The number of aliphatic hydroxyl groups is 1. The maximum absolute atomic E-state index is 9.48. The Hall–Kier alpha value is -1.75. The molecular formula is C13H16N4O. The number of aliphatic hydroxyl groups excluding tert-OH is 1. The summed E-state index contributed by atoms with van der Waals surface area (Å²) in [6.45, 7) is 0.857. The van der Waals surface area contributed by atoms with E-state index in [0.29, 0.717) is 11.6 Å². The summed E-state index contributed by atoms with van der Waals surface area (Å²) in [7, 11) is 0. The van der Waals surface area contributed by atoms with E-state index >= 15 is 0 Å². The van der Waals surface area contributed by atoms with Crippen LogP contribution in [-0.4, -0.2) is 32.7 Å². The van der Waals surface area contributed by atoms with Gasteiger partial charge in [-0.2, -0.15) is 0 Å². The molecule has 2 aromatic heterocycles. The lowest BCUT2D eigenvalue weighted by Gasteiger charge is -2.11. The summed E-state index contributed by atoms with van der Waals surface area (Å²) in [4.78, 5) is 12.8. The smallest absolute Gasteiger partial charge is 0.180 e. The van der Waals surface area contributed by atoms with Crippen LogP contribution in [0.25, 0.3) is 11.2 Å². The Kier molecular flexibility index (Phi) is 3.06. The molecule has 5 nitrogen and oxygen atoms in total. The van der Waals surface area contributed by atoms with Gasteiger partial charge in [0.05, 0.1) is 6.10 Å². The Bertz CT molecular complexity index is 545. The number of hydrogen-bond acceptors (Lipinski definition) is 5. The fourth-order valence-corrected chi connectivity index (χ4v) is 2.44. The summed E-state index contributed by atoms with van der Waals surface area (Å²) < 4.78 is 0. The number of aromatic nitrogens is 3. The average molecular weight is 244 g/mol. The second-order valence-electron chi connectivity index (χ2n) is 4.81. The first-order valence-electron chi connectivity index (χ1n) is 6.31. The minimum Gasteiger partial charge on any atom is -0.393 e. The van der Waals surface area contributed by atoms with E-state index in [9.17, 15) is 5.11 Å². The normalized spacial score (nSPS) is 23.4. The Balaban J connectivity index is 1.67. The molecule has 2 atom stereocenters. The molecule has 0 saturated heterocycles. The van der Waals surface area contributed by atoms with Crippen molar-refractivity contribution < 1.29 is 5.11 Å². The average Bonchev–Trinajstić information content (AvgIpc) is 2.82. The molecule has 0 bridgehead atoms. The number of rotatable bonds is 3. The van der Waals surface area contributed by atoms with Crippen molar-refractivity contribution in [1.29, 1.82) is 0 Å². The Labute approximate surface area is 105 Å². The van der Waals surface area contributed by atoms with Gasteiger partial charge in [0, 0.05) is 18.9 Å². The number of fused-ring (bicyclic) bond motifs is 1. The first-order valence-corrected chi connectivity index (χ1v) is 6.31. The van der Waals surface area contributed by atoms with Gasteiger partial charge in [-0.25, -0.2) is 9.97 Å². The Morgan fingerprint density at radius 1 is 1.22 bits per heavy atom. The van der Waals surface area contributed by atoms with Gasteiger partial charge < -0.3 is 10.4 Å². The van der Waals surface area contributed by atoms with Crippen LogP contribution in [0.15, 0.2) is 24.5 Å². The first kappa shape index (κ1) is 11.3. The molecule has 5 heteroatoms. The highest BCUT2D eigenvalue weighted by molar-refractivity contribution is 5.71. The summed E-state index contributed by atoms with van der Waals surface area (Å²) in [5.74, 6) is 1.36. The number of nitrogens with one attached hydrogen (secondary N) is 1. The molecule has 2 heterocycles. The van der Waals surface area contributed by atoms with Crippen LogP contribution in [0.1, 0.15) is 19.3 Å². The maximum Gasteiger partial charge on any atom is 0.180 e. The van der Waals surface area contributed by atoms with Crippen LogP contribution >= 0.6 is 0 Å². The molecule has 0 spiro atoms. The molecule has 1 saturated carbocycles. The highest BCUT2D eigenvalue weighted by atomic mass is 16.3. The molecule has 2 unspecified atom stereocenters. The molecule has 0 aromatic carbocycles. The summed E-state index contributed by atoms with van der Waals surface area (Å²) in [6.07, 6.45) is 6.08. The Morgan fingerprint density at radius 2 is 2.11 bits per heavy atom. The monoisotopic (exact) mass is 244 g/mol. The van der Waals surface area contributed by atoms with Crippen molar-refractivity contribution >= 4 is 17.0 Å². The van der Waals surface area contributed by atoms with Crippen molar-refractivity contribution in [3.8, 4) is 0 Å². The van der Waals surface area contributed by atoms with Gasteiger partial charge in [-0.1, -0.05) is 0 Å². The third kappa shape index (κ3) is 2.41. The minimum absolute atomic E-state index is 0.118. The molecule has 2 aromatic rings. The van der Waals surface area contributed by atoms with Crippen molar-refractivity contribution in [3.05, 3.63) is 24.5 Å². The molecule has 94 valence electrons. The highest BCUT2D eigenvalue weighted by Crippen LogP contribution is 2.25. The molecule has 1 aliphatic carbocycles. The largest absolute Gasteiger partial charge is 0.393 e. The van der Waals surface area contributed by atoms with E-state index in [1.165, 1.54) is 0 Å². The van der Waals surface area contributed by atoms with E-state index in [2.05, 4.69) is 20.3 Å². The number of nitrogens with zero attached hydrogens (tertiary/aromatic N) is 3. The van der Waals surface area contributed by atoms with E-state index in [-0.39, 0.29) is 6.10 Å². The van der Waals surface area contributed by atoms with Gasteiger partial charge in [0.2, 0.25) is 0 Å². The van der Waals surface area contributed by atoms with E-state index in [1.807, 2.05) is 12.1 Å². The lowest BCUT2D eigenvalue weighted by Crippen LogP contribution is -2.13. The zero-order chi connectivity index (χ0) is 12.4. The van der Waals surface area contributed by atoms with E-state index in [4.69, 9.17) is 0 Å². The molecule has 1 aliphatic rings. The molecule has 0 radical (unpaired) electrons. The van der Waals surface area contributed by atoms with Crippen LogP contribution in [0.2, 0.25) is 0 Å². The molecule has 1 fully saturated rings. The maximum atomic E-state index is 9.48. The van der Waals surface area contributed by atoms with Gasteiger partial charge in [0.15, 0.2) is 5.65 Å². The van der Waals surface area contributed by atoms with Gasteiger partial charge in [0.1, 0.15) is 11.3 Å². The van der Waals surface area contributed by atoms with Gasteiger partial charge in [-0.15, -0.1) is 0 Å². The molecular weight excluding hydrogens is 228 g/mol. The predicted octanol–water partition coefficient (Wildman–Crippen LogP) is 1.60. The van der Waals surface area contributed by atoms with Gasteiger partial charge in [0.25, 0.3) is 0 Å². The Morgan fingerprint density at radius 3 is 2.94 bits per heavy atom. The summed E-state index contributed by atoms with van der Waals surface area (Å²) in [6, 6.07) is 3.84. The van der Waals surface area contributed by atoms with Crippen molar-refractivity contribution in [1.82, 2.24) is 15.0 Å². The van der Waals surface area contributed by atoms with Crippen LogP contribution in [0, 0.1) is 5.92 Å². The van der Waals surface area contributed by atoms with E-state index < -0.39 is 0 Å². The third-order valence-electron chi connectivity index (χ3n) is 3.42. The molecule has 18 heavy (non-hydrogen) atoms. The minimum atomic E-state index is -0.118. The van der Waals surface area contributed by atoms with Gasteiger partial charge in [-0.05, 0) is 37.3 Å².